The third kappa shape index (κ3) is 3.68. The summed E-state index contributed by atoms with van der Waals surface area (Å²) in [7, 11) is 0. The van der Waals surface area contributed by atoms with Gasteiger partial charge in [-0.2, -0.15) is 0 Å². The smallest absolute Gasteiger partial charge is 0.307 e. The van der Waals surface area contributed by atoms with E-state index in [2.05, 4.69) is 59.5 Å². The molecule has 3 aliphatic rings. The number of carboxylic acids is 1. The Morgan fingerprint density at radius 2 is 1.29 bits per heavy atom. The van der Waals surface area contributed by atoms with Gasteiger partial charge in [-0.25, -0.2) is 0 Å². The van der Waals surface area contributed by atoms with Crippen LogP contribution in [0, 0.1) is 23.7 Å². The van der Waals surface area contributed by atoms with Crippen molar-refractivity contribution in [2.75, 3.05) is 26.2 Å². The first-order chi connectivity index (χ1) is 15.1. The molecule has 1 saturated heterocycles. The molecule has 2 aliphatic carbocycles. The number of carboxylic acid groups (broad SMARTS) is 1. The fourth-order valence-corrected chi connectivity index (χ4v) is 5.79. The van der Waals surface area contributed by atoms with Gasteiger partial charge < -0.3 is 10.0 Å². The summed E-state index contributed by atoms with van der Waals surface area (Å²) in [6, 6.07) is 21.1. The van der Waals surface area contributed by atoms with Crippen LogP contribution < -0.4 is 0 Å². The Morgan fingerprint density at radius 1 is 0.774 bits per heavy atom. The van der Waals surface area contributed by atoms with Crippen LogP contribution in [0.4, 0.5) is 0 Å². The number of allylic oxidation sites excluding steroid dienone is 2. The van der Waals surface area contributed by atoms with E-state index in [1.807, 2.05) is 23.1 Å². The number of carbonyl (C=O) groups is 2. The monoisotopic (exact) mass is 416 g/mol. The summed E-state index contributed by atoms with van der Waals surface area (Å²) in [5.41, 5.74) is 2.50. The number of aliphatic carboxylic acids is 1. The van der Waals surface area contributed by atoms with Gasteiger partial charge in [0.05, 0.1) is 17.9 Å². The summed E-state index contributed by atoms with van der Waals surface area (Å²) < 4.78 is 0. The Bertz CT molecular complexity index is 927. The minimum absolute atomic E-state index is 0.0123. The first-order valence-corrected chi connectivity index (χ1v) is 11.2. The Kier molecular flexibility index (Phi) is 5.36. The maximum absolute atomic E-state index is 13.3. The molecule has 4 atom stereocenters. The highest BCUT2D eigenvalue weighted by atomic mass is 16.4. The van der Waals surface area contributed by atoms with Gasteiger partial charge in [-0.3, -0.25) is 14.5 Å². The molecule has 0 unspecified atom stereocenters. The highest BCUT2D eigenvalue weighted by Crippen LogP contribution is 2.49. The van der Waals surface area contributed by atoms with E-state index in [9.17, 15) is 14.7 Å². The van der Waals surface area contributed by atoms with E-state index < -0.39 is 17.8 Å². The first kappa shape index (κ1) is 20.0. The van der Waals surface area contributed by atoms with Crippen LogP contribution in [-0.2, 0) is 9.59 Å². The van der Waals surface area contributed by atoms with Crippen LogP contribution in [-0.4, -0.2) is 53.0 Å². The van der Waals surface area contributed by atoms with Crippen molar-refractivity contribution in [2.24, 2.45) is 23.7 Å². The van der Waals surface area contributed by atoms with E-state index in [4.69, 9.17) is 0 Å². The second-order valence-electron chi connectivity index (χ2n) is 8.92. The molecule has 2 aromatic carbocycles. The van der Waals surface area contributed by atoms with E-state index >= 15 is 0 Å². The van der Waals surface area contributed by atoms with Crippen molar-refractivity contribution < 1.29 is 14.7 Å². The van der Waals surface area contributed by atoms with E-state index in [1.165, 1.54) is 11.1 Å². The summed E-state index contributed by atoms with van der Waals surface area (Å²) in [5.74, 6) is -1.68. The van der Waals surface area contributed by atoms with Crippen molar-refractivity contribution >= 4 is 11.9 Å². The summed E-state index contributed by atoms with van der Waals surface area (Å²) in [5, 5.41) is 9.71. The van der Waals surface area contributed by atoms with Gasteiger partial charge in [-0.05, 0) is 29.4 Å². The topological polar surface area (TPSA) is 60.9 Å². The van der Waals surface area contributed by atoms with Crippen molar-refractivity contribution in [3.8, 4) is 0 Å². The Balaban J connectivity index is 1.32. The van der Waals surface area contributed by atoms with Crippen molar-refractivity contribution in [2.45, 2.75) is 12.5 Å². The van der Waals surface area contributed by atoms with Gasteiger partial charge in [0.25, 0.3) is 0 Å². The molecule has 2 bridgehead atoms. The molecule has 1 aliphatic heterocycles. The standard InChI is InChI=1S/C26H28N2O3/c29-25(22-20-11-12-21(17-20)23(22)26(30)31)28-15-13-27(14-16-28)24(18-7-3-1-4-8-18)19-9-5-2-6-10-19/h1-12,20-24H,13-17H2,(H,30,31)/t20-,21+,22-,23+/m0/s1. The predicted octanol–water partition coefficient (Wildman–Crippen LogP) is 3.44. The molecule has 1 saturated carbocycles. The van der Waals surface area contributed by atoms with E-state index in [-0.39, 0.29) is 23.8 Å². The van der Waals surface area contributed by atoms with Gasteiger partial charge in [0.2, 0.25) is 5.91 Å². The quantitative estimate of drug-likeness (QED) is 0.759. The minimum Gasteiger partial charge on any atom is -0.481 e. The SMILES string of the molecule is O=C(O)[C@H]1[C@@H](C(=O)N2CCN(C(c3ccccc3)c3ccccc3)CC2)[C@H]2C=C[C@@H]1C2. The molecular weight excluding hydrogens is 388 g/mol. The molecule has 2 fully saturated rings. The molecule has 0 aromatic heterocycles. The van der Waals surface area contributed by atoms with Crippen LogP contribution in [0.3, 0.4) is 0 Å². The number of hydrogen-bond donors (Lipinski definition) is 1. The zero-order valence-corrected chi connectivity index (χ0v) is 17.5. The number of piperazine rings is 1. The first-order valence-electron chi connectivity index (χ1n) is 11.2. The van der Waals surface area contributed by atoms with Gasteiger partial charge >= 0.3 is 5.97 Å². The third-order valence-electron chi connectivity index (χ3n) is 7.25. The molecule has 5 nitrogen and oxygen atoms in total. The summed E-state index contributed by atoms with van der Waals surface area (Å²) in [6.45, 7) is 2.82. The average molecular weight is 417 g/mol. The Hall–Kier alpha value is -2.92. The number of carbonyl (C=O) groups excluding carboxylic acids is 1. The minimum atomic E-state index is -0.831. The molecule has 31 heavy (non-hydrogen) atoms. The predicted molar refractivity (Wildman–Crippen MR) is 118 cm³/mol. The number of amides is 1. The lowest BCUT2D eigenvalue weighted by Crippen LogP contribution is -2.53. The molecule has 1 heterocycles. The lowest BCUT2D eigenvalue weighted by molar-refractivity contribution is -0.151. The molecule has 2 aromatic rings. The molecule has 5 heteroatoms. The fourth-order valence-electron chi connectivity index (χ4n) is 5.79. The number of fused-ring (bicyclic) bond motifs is 2. The number of rotatable bonds is 5. The largest absolute Gasteiger partial charge is 0.481 e. The molecule has 0 spiro atoms. The molecular formula is C26H28N2O3. The Labute approximate surface area is 183 Å². The highest BCUT2D eigenvalue weighted by Gasteiger charge is 2.52. The second kappa shape index (κ2) is 8.31. The van der Waals surface area contributed by atoms with Crippen molar-refractivity contribution in [3.05, 3.63) is 83.9 Å². The van der Waals surface area contributed by atoms with Crippen molar-refractivity contribution in [1.29, 1.82) is 0 Å². The number of hydrogen-bond acceptors (Lipinski definition) is 3. The number of benzene rings is 2. The van der Waals surface area contributed by atoms with Gasteiger partial charge in [-0.1, -0.05) is 72.8 Å². The van der Waals surface area contributed by atoms with E-state index in [0.717, 1.165) is 19.5 Å². The molecule has 1 amide bonds. The van der Waals surface area contributed by atoms with Crippen LogP contribution in [0.25, 0.3) is 0 Å². The molecule has 5 rings (SSSR count). The molecule has 1 N–H and O–H groups in total. The van der Waals surface area contributed by atoms with Gasteiger partial charge in [0, 0.05) is 26.2 Å². The van der Waals surface area contributed by atoms with Crippen molar-refractivity contribution in [3.63, 3.8) is 0 Å². The Morgan fingerprint density at radius 3 is 1.81 bits per heavy atom. The highest BCUT2D eigenvalue weighted by molar-refractivity contribution is 5.87. The zero-order valence-electron chi connectivity index (χ0n) is 17.5. The third-order valence-corrected chi connectivity index (χ3v) is 7.25. The molecule has 160 valence electrons. The lowest BCUT2D eigenvalue weighted by Gasteiger charge is -2.41. The maximum Gasteiger partial charge on any atom is 0.307 e. The summed E-state index contributed by atoms with van der Waals surface area (Å²) in [6.07, 6.45) is 4.86. The fraction of sp³-hybridized carbons (Fsp3) is 0.385. The van der Waals surface area contributed by atoms with Crippen LogP contribution in [0.15, 0.2) is 72.8 Å². The second-order valence-corrected chi connectivity index (χ2v) is 8.92. The van der Waals surface area contributed by atoms with Gasteiger partial charge in [0.15, 0.2) is 0 Å². The van der Waals surface area contributed by atoms with E-state index in [1.54, 1.807) is 0 Å². The maximum atomic E-state index is 13.3. The van der Waals surface area contributed by atoms with Gasteiger partial charge in [-0.15, -0.1) is 0 Å². The van der Waals surface area contributed by atoms with Crippen molar-refractivity contribution in [1.82, 2.24) is 9.80 Å². The lowest BCUT2D eigenvalue weighted by atomic mass is 9.82. The van der Waals surface area contributed by atoms with Crippen LogP contribution in [0.1, 0.15) is 23.6 Å². The van der Waals surface area contributed by atoms with E-state index in [0.29, 0.717) is 13.1 Å². The van der Waals surface area contributed by atoms with Crippen LogP contribution in [0.5, 0.6) is 0 Å². The zero-order chi connectivity index (χ0) is 21.4. The van der Waals surface area contributed by atoms with Gasteiger partial charge in [0.1, 0.15) is 0 Å². The summed E-state index contributed by atoms with van der Waals surface area (Å²) >= 11 is 0. The molecule has 0 radical (unpaired) electrons. The summed E-state index contributed by atoms with van der Waals surface area (Å²) in [4.78, 5) is 29.5. The number of nitrogens with zero attached hydrogens (tertiary/aromatic N) is 2. The van der Waals surface area contributed by atoms with Crippen LogP contribution >= 0.6 is 0 Å². The normalized spacial score (nSPS) is 27.7. The van der Waals surface area contributed by atoms with Crippen LogP contribution in [0.2, 0.25) is 0 Å². The average Bonchev–Trinajstić information content (AvgIpc) is 3.43.